The van der Waals surface area contributed by atoms with Gasteiger partial charge >= 0.3 is 5.97 Å². The van der Waals surface area contributed by atoms with E-state index in [2.05, 4.69) is 40.7 Å². The maximum Gasteiger partial charge on any atom is 0.312 e. The molecule has 0 aromatic heterocycles. The van der Waals surface area contributed by atoms with E-state index in [1.165, 1.54) is 6.92 Å². The summed E-state index contributed by atoms with van der Waals surface area (Å²) in [5.74, 6) is -1.39. The van der Waals surface area contributed by atoms with E-state index in [4.69, 9.17) is 28.4 Å². The van der Waals surface area contributed by atoms with E-state index in [0.717, 1.165) is 18.3 Å². The van der Waals surface area contributed by atoms with Gasteiger partial charge in [-0.15, -0.1) is 0 Å². The molecule has 0 amide bonds. The summed E-state index contributed by atoms with van der Waals surface area (Å²) >= 11 is 0. The van der Waals surface area contributed by atoms with Crippen molar-refractivity contribution in [3.05, 3.63) is 11.6 Å². The van der Waals surface area contributed by atoms with Crippen molar-refractivity contribution in [3.63, 3.8) is 0 Å². The normalized spacial score (nSPS) is 55.4. The fraction of sp³-hybridized carbons (Fsp3) is 0.915. The average molecular weight is 927 g/mol. The molecule has 0 bridgehead atoms. The molecule has 4 saturated carbocycles. The van der Waals surface area contributed by atoms with Gasteiger partial charge in [-0.05, 0) is 104 Å². The molecule has 7 fully saturated rings. The highest BCUT2D eigenvalue weighted by molar-refractivity contribution is 5.77. The Morgan fingerprint density at radius 1 is 0.754 bits per heavy atom. The number of rotatable bonds is 9. The largest absolute Gasteiger partial charge is 0.481 e. The number of allylic oxidation sites excluding steroid dienone is 2. The smallest absolute Gasteiger partial charge is 0.312 e. The third-order valence-electron chi connectivity index (χ3n) is 18.9. The Bertz CT molecular complexity index is 1810. The molecule has 24 atom stereocenters. The molecule has 8 aliphatic rings. The maximum absolute atomic E-state index is 13.8. The van der Waals surface area contributed by atoms with Gasteiger partial charge in [0.2, 0.25) is 0 Å². The van der Waals surface area contributed by atoms with E-state index in [9.17, 15) is 60.7 Å². The predicted octanol–water partition coefficient (Wildman–Crippen LogP) is 0.523. The second-order valence-corrected chi connectivity index (χ2v) is 22.8. The third-order valence-corrected chi connectivity index (χ3v) is 18.9. The van der Waals surface area contributed by atoms with Crippen LogP contribution < -0.4 is 0 Å². The Kier molecular flexibility index (Phi) is 13.2. The molecule has 10 N–H and O–H groups in total. The van der Waals surface area contributed by atoms with Crippen molar-refractivity contribution in [2.45, 2.75) is 204 Å². The molecule has 3 aliphatic heterocycles. The van der Waals surface area contributed by atoms with Crippen molar-refractivity contribution < 1.29 is 89.1 Å². The molecule has 370 valence electrons. The topological polar surface area (TPSA) is 292 Å². The number of aldehydes is 1. The Balaban J connectivity index is 1.09. The lowest BCUT2D eigenvalue weighted by molar-refractivity contribution is -0.387. The number of aliphatic hydroxyl groups is 9. The van der Waals surface area contributed by atoms with Crippen LogP contribution in [0.3, 0.4) is 0 Å². The van der Waals surface area contributed by atoms with Crippen molar-refractivity contribution >= 4 is 12.3 Å². The number of carboxylic acid groups (broad SMARTS) is 1. The van der Waals surface area contributed by atoms with Crippen LogP contribution in [0.2, 0.25) is 0 Å². The quantitative estimate of drug-likeness (QED) is 0.0857. The average Bonchev–Trinajstić information content (AvgIpc) is 3.24. The molecule has 0 aromatic carbocycles. The number of carbonyl (C=O) groups is 2. The molecule has 3 heterocycles. The molecule has 0 aromatic rings. The van der Waals surface area contributed by atoms with Gasteiger partial charge < -0.3 is 84.3 Å². The highest BCUT2D eigenvalue weighted by atomic mass is 16.8. The Morgan fingerprint density at radius 3 is 2.05 bits per heavy atom. The van der Waals surface area contributed by atoms with Crippen LogP contribution in [-0.2, 0) is 38.0 Å². The van der Waals surface area contributed by atoms with Gasteiger partial charge in [-0.2, -0.15) is 0 Å². The monoisotopic (exact) mass is 926 g/mol. The minimum absolute atomic E-state index is 0.0585. The second kappa shape index (κ2) is 17.3. The van der Waals surface area contributed by atoms with Gasteiger partial charge in [-0.1, -0.05) is 53.2 Å². The molecule has 0 radical (unpaired) electrons. The molecular weight excluding hydrogens is 852 g/mol. The van der Waals surface area contributed by atoms with E-state index < -0.39 is 139 Å². The van der Waals surface area contributed by atoms with E-state index in [1.807, 2.05) is 6.92 Å². The van der Waals surface area contributed by atoms with Crippen LogP contribution in [0.4, 0.5) is 0 Å². The van der Waals surface area contributed by atoms with Crippen LogP contribution in [-0.4, -0.2) is 175 Å². The molecule has 65 heavy (non-hydrogen) atoms. The first-order chi connectivity index (χ1) is 30.3. The second-order valence-electron chi connectivity index (χ2n) is 22.8. The number of aliphatic carboxylic acids is 1. The molecule has 18 heteroatoms. The number of ether oxygens (including phenoxy) is 6. The summed E-state index contributed by atoms with van der Waals surface area (Å²) in [6, 6.07) is 0. The number of hydrogen-bond donors (Lipinski definition) is 10. The third kappa shape index (κ3) is 7.54. The van der Waals surface area contributed by atoms with Gasteiger partial charge in [-0.3, -0.25) is 4.79 Å². The summed E-state index contributed by atoms with van der Waals surface area (Å²) in [6.07, 6.45) is -15.6. The zero-order valence-corrected chi connectivity index (χ0v) is 38.6. The summed E-state index contributed by atoms with van der Waals surface area (Å²) in [6.45, 7) is 13.3. The minimum Gasteiger partial charge on any atom is -0.481 e. The van der Waals surface area contributed by atoms with Crippen LogP contribution in [0.15, 0.2) is 11.6 Å². The molecule has 10 unspecified atom stereocenters. The summed E-state index contributed by atoms with van der Waals surface area (Å²) in [5.41, 5.74) is -2.57. The zero-order valence-electron chi connectivity index (χ0n) is 38.6. The van der Waals surface area contributed by atoms with E-state index >= 15 is 0 Å². The Morgan fingerprint density at radius 2 is 1.40 bits per heavy atom. The number of carbonyl (C=O) groups excluding carboxylic acids is 1. The van der Waals surface area contributed by atoms with Crippen molar-refractivity contribution in [2.24, 2.45) is 50.2 Å². The van der Waals surface area contributed by atoms with Crippen molar-refractivity contribution in [3.8, 4) is 0 Å². The first-order valence-electron chi connectivity index (χ1n) is 23.7. The zero-order chi connectivity index (χ0) is 47.6. The summed E-state index contributed by atoms with van der Waals surface area (Å²) < 4.78 is 36.7. The van der Waals surface area contributed by atoms with Gasteiger partial charge in [0, 0.05) is 0 Å². The highest BCUT2D eigenvalue weighted by Gasteiger charge is 2.72. The summed E-state index contributed by atoms with van der Waals surface area (Å²) in [5, 5.41) is 108. The summed E-state index contributed by atoms with van der Waals surface area (Å²) in [7, 11) is 0. The lowest BCUT2D eigenvalue weighted by Crippen LogP contribution is -2.68. The number of aliphatic hydroxyl groups excluding tert-OH is 9. The molecule has 8 rings (SSSR count). The highest BCUT2D eigenvalue weighted by Crippen LogP contribution is 2.76. The first kappa shape index (κ1) is 49.7. The van der Waals surface area contributed by atoms with Gasteiger partial charge in [0.15, 0.2) is 18.9 Å². The van der Waals surface area contributed by atoms with Crippen molar-refractivity contribution in [1.29, 1.82) is 0 Å². The van der Waals surface area contributed by atoms with Gasteiger partial charge in [0.25, 0.3) is 0 Å². The maximum atomic E-state index is 13.8. The lowest BCUT2D eigenvalue weighted by atomic mass is 9.33. The molecule has 18 nitrogen and oxygen atoms in total. The van der Waals surface area contributed by atoms with Crippen LogP contribution in [0.25, 0.3) is 0 Å². The SMILES string of the molecule is C[C@@H]1O[C@@H](O[C@@H]2C(O[C@@H]3OC(CO)[C@H](O)[C@H](O)C3O)[C@H](O[C@H]3CCC4(C)C5CC=C6C7CC(C)(C)CC[C@]7(C(=O)O)C(O)C[C@@]6(C)C5(C)CC[C@H]4[C@@]3(C)C=O)OC[C@H]2O)C(O)C(O)[C@H]1O. The van der Waals surface area contributed by atoms with Crippen molar-refractivity contribution in [2.75, 3.05) is 13.2 Å². The van der Waals surface area contributed by atoms with Crippen LogP contribution in [0.5, 0.6) is 0 Å². The fourth-order valence-corrected chi connectivity index (χ4v) is 14.8. The number of carboxylic acids is 1. The van der Waals surface area contributed by atoms with Crippen molar-refractivity contribution in [1.82, 2.24) is 0 Å². The molecule has 0 spiro atoms. The van der Waals surface area contributed by atoms with Crippen LogP contribution in [0.1, 0.15) is 106 Å². The molecular formula is C47H74O18. The van der Waals surface area contributed by atoms with E-state index in [1.54, 1.807) is 0 Å². The first-order valence-corrected chi connectivity index (χ1v) is 23.7. The van der Waals surface area contributed by atoms with E-state index in [-0.39, 0.29) is 28.6 Å². The number of hydrogen-bond acceptors (Lipinski definition) is 17. The fourth-order valence-electron chi connectivity index (χ4n) is 14.8. The standard InChI is InChI=1S/C47H74O18/c1-21-30(52)32(54)34(56)38(61-21)64-36-24(50)19-60-40(37(36)65-39-35(57)33(55)31(53)25(18-48)62-39)63-29-11-12-43(4)26(44(29,5)20-49)10-13-45(6)27(43)9-8-22-23-16-42(2,3)14-15-47(23,41(58)59)28(51)17-46(22,45)7/h8,20-21,23-40,48,50-57H,9-19H2,1-7H3,(H,58,59)/t21-,23?,24+,25?,26+,27?,28?,29-,30-,31-,32?,33-,34?,35?,36-,37?,38-,39-,40-,43?,44+,45?,46+,47+/m0/s1. The molecule has 5 aliphatic carbocycles. The molecule has 3 saturated heterocycles. The number of fused-ring (bicyclic) bond motifs is 7. The Hall–Kier alpha value is -1.72. The van der Waals surface area contributed by atoms with Gasteiger partial charge in [0.05, 0.1) is 36.9 Å². The van der Waals surface area contributed by atoms with Gasteiger partial charge in [-0.25, -0.2) is 0 Å². The van der Waals surface area contributed by atoms with E-state index in [0.29, 0.717) is 51.4 Å². The minimum atomic E-state index is -1.88. The van der Waals surface area contributed by atoms with Crippen LogP contribution >= 0.6 is 0 Å². The lowest BCUT2D eigenvalue weighted by Gasteiger charge is -2.71. The predicted molar refractivity (Wildman–Crippen MR) is 225 cm³/mol. The Labute approximate surface area is 380 Å². The summed E-state index contributed by atoms with van der Waals surface area (Å²) in [4.78, 5) is 27.0. The van der Waals surface area contributed by atoms with Crippen LogP contribution in [0, 0.1) is 50.2 Å². The van der Waals surface area contributed by atoms with Gasteiger partial charge in [0.1, 0.15) is 72.7 Å².